The summed E-state index contributed by atoms with van der Waals surface area (Å²) in [5.41, 5.74) is 6.31. The van der Waals surface area contributed by atoms with E-state index in [9.17, 15) is 9.18 Å². The molecule has 0 aliphatic rings. The van der Waals surface area contributed by atoms with Crippen LogP contribution in [0.15, 0.2) is 18.2 Å². The van der Waals surface area contributed by atoms with Gasteiger partial charge in [-0.25, -0.2) is 4.39 Å². The Bertz CT molecular complexity index is 385. The molecular weight excluding hydrogens is 239 g/mol. The van der Waals surface area contributed by atoms with Crippen LogP contribution in [0.5, 0.6) is 0 Å². The van der Waals surface area contributed by atoms with Crippen molar-refractivity contribution in [3.63, 3.8) is 0 Å². The van der Waals surface area contributed by atoms with Crippen LogP contribution >= 0.6 is 11.8 Å². The van der Waals surface area contributed by atoms with Crippen molar-refractivity contribution in [3.8, 4) is 0 Å². The predicted octanol–water partition coefficient (Wildman–Crippen LogP) is 2.88. The minimum atomic E-state index is -0.404. The van der Waals surface area contributed by atoms with Crippen LogP contribution in [0.2, 0.25) is 0 Å². The van der Waals surface area contributed by atoms with Gasteiger partial charge in [-0.3, -0.25) is 4.79 Å². The molecule has 0 heterocycles. The molecule has 0 aromatic heterocycles. The van der Waals surface area contributed by atoms with Gasteiger partial charge in [0, 0.05) is 12.2 Å². The van der Waals surface area contributed by atoms with Gasteiger partial charge in [-0.1, -0.05) is 6.92 Å². The molecule has 17 heavy (non-hydrogen) atoms. The molecule has 1 amide bonds. The molecular formula is C12H17FN2OS. The van der Waals surface area contributed by atoms with Crippen LogP contribution in [0.25, 0.3) is 0 Å². The number of nitrogens with two attached hydrogens (primary N) is 1. The summed E-state index contributed by atoms with van der Waals surface area (Å²) in [6, 6.07) is 3.95. The summed E-state index contributed by atoms with van der Waals surface area (Å²) in [6.45, 7) is 2.10. The normalized spacial score (nSPS) is 10.2. The van der Waals surface area contributed by atoms with Crippen molar-refractivity contribution in [2.45, 2.75) is 19.8 Å². The van der Waals surface area contributed by atoms with Gasteiger partial charge in [0.05, 0.1) is 11.4 Å². The molecule has 0 spiro atoms. The number of amides is 1. The standard InChI is InChI=1S/C12H17FN2OS/c1-2-6-17-7-5-12(16)15-11-4-3-9(13)8-10(11)14/h3-4,8H,2,5-7,14H2,1H3,(H,15,16). The Labute approximate surface area is 105 Å². The smallest absolute Gasteiger partial charge is 0.225 e. The lowest BCUT2D eigenvalue weighted by Crippen LogP contribution is -2.13. The average molecular weight is 256 g/mol. The van der Waals surface area contributed by atoms with Crippen molar-refractivity contribution >= 4 is 29.0 Å². The first kappa shape index (κ1) is 13.8. The number of anilines is 2. The molecule has 0 aliphatic heterocycles. The number of rotatable bonds is 6. The quantitative estimate of drug-likeness (QED) is 0.608. The molecule has 0 radical (unpaired) electrons. The molecule has 0 aliphatic carbocycles. The van der Waals surface area contributed by atoms with Crippen LogP contribution in [-0.4, -0.2) is 17.4 Å². The fraction of sp³-hybridized carbons (Fsp3) is 0.417. The third-order valence-corrected chi connectivity index (χ3v) is 3.30. The lowest BCUT2D eigenvalue weighted by Gasteiger charge is -2.07. The van der Waals surface area contributed by atoms with Crippen LogP contribution in [0.3, 0.4) is 0 Å². The first-order valence-corrected chi connectivity index (χ1v) is 6.71. The number of hydrogen-bond donors (Lipinski definition) is 2. The number of hydrogen-bond acceptors (Lipinski definition) is 3. The Hall–Kier alpha value is -1.23. The summed E-state index contributed by atoms with van der Waals surface area (Å²) in [7, 11) is 0. The lowest BCUT2D eigenvalue weighted by atomic mass is 10.2. The van der Waals surface area contributed by atoms with Gasteiger partial charge in [-0.2, -0.15) is 11.8 Å². The van der Waals surface area contributed by atoms with Gasteiger partial charge in [0.15, 0.2) is 0 Å². The summed E-state index contributed by atoms with van der Waals surface area (Å²) >= 11 is 1.75. The molecule has 0 fully saturated rings. The molecule has 94 valence electrons. The van der Waals surface area contributed by atoms with Crippen LogP contribution in [-0.2, 0) is 4.79 Å². The number of thioether (sulfide) groups is 1. The van der Waals surface area contributed by atoms with Crippen LogP contribution in [0, 0.1) is 5.82 Å². The molecule has 0 atom stereocenters. The highest BCUT2D eigenvalue weighted by Crippen LogP contribution is 2.19. The monoisotopic (exact) mass is 256 g/mol. The van der Waals surface area contributed by atoms with E-state index in [4.69, 9.17) is 5.73 Å². The molecule has 1 aromatic rings. The fourth-order valence-electron chi connectivity index (χ4n) is 1.27. The second-order valence-electron chi connectivity index (χ2n) is 3.64. The summed E-state index contributed by atoms with van der Waals surface area (Å²) in [5, 5.41) is 2.67. The van der Waals surface area contributed by atoms with Gasteiger partial charge in [-0.05, 0) is 30.4 Å². The van der Waals surface area contributed by atoms with Gasteiger partial charge in [-0.15, -0.1) is 0 Å². The van der Waals surface area contributed by atoms with E-state index in [0.717, 1.165) is 17.9 Å². The highest BCUT2D eigenvalue weighted by molar-refractivity contribution is 7.99. The van der Waals surface area contributed by atoms with E-state index in [2.05, 4.69) is 12.2 Å². The number of carbonyl (C=O) groups excluding carboxylic acids is 1. The number of benzene rings is 1. The molecule has 3 nitrogen and oxygen atoms in total. The summed E-state index contributed by atoms with van der Waals surface area (Å²) < 4.78 is 12.8. The Morgan fingerprint density at radius 2 is 2.24 bits per heavy atom. The number of halogens is 1. The Morgan fingerprint density at radius 1 is 1.47 bits per heavy atom. The van der Waals surface area contributed by atoms with Crippen molar-refractivity contribution in [3.05, 3.63) is 24.0 Å². The van der Waals surface area contributed by atoms with Crippen molar-refractivity contribution in [2.75, 3.05) is 22.6 Å². The maximum absolute atomic E-state index is 12.8. The predicted molar refractivity (Wildman–Crippen MR) is 71.7 cm³/mol. The minimum Gasteiger partial charge on any atom is -0.397 e. The zero-order valence-corrected chi connectivity index (χ0v) is 10.6. The van der Waals surface area contributed by atoms with Gasteiger partial charge >= 0.3 is 0 Å². The molecule has 0 unspecified atom stereocenters. The summed E-state index contributed by atoms with van der Waals surface area (Å²) in [6.07, 6.45) is 1.55. The Balaban J connectivity index is 2.40. The molecule has 1 aromatic carbocycles. The summed E-state index contributed by atoms with van der Waals surface area (Å²) in [5.74, 6) is 1.36. The number of nitrogens with one attached hydrogen (secondary N) is 1. The van der Waals surface area contributed by atoms with Gasteiger partial charge < -0.3 is 11.1 Å². The Kier molecular flexibility index (Phi) is 5.83. The van der Waals surface area contributed by atoms with Gasteiger partial charge in [0.2, 0.25) is 5.91 Å². The van der Waals surface area contributed by atoms with Crippen molar-refractivity contribution in [1.82, 2.24) is 0 Å². The van der Waals surface area contributed by atoms with E-state index in [1.807, 2.05) is 0 Å². The molecule has 5 heteroatoms. The minimum absolute atomic E-state index is 0.0908. The molecule has 0 saturated heterocycles. The van der Waals surface area contributed by atoms with Gasteiger partial charge in [0.1, 0.15) is 5.82 Å². The van der Waals surface area contributed by atoms with Crippen LogP contribution in [0.1, 0.15) is 19.8 Å². The first-order chi connectivity index (χ1) is 8.13. The van der Waals surface area contributed by atoms with Gasteiger partial charge in [0.25, 0.3) is 0 Å². The fourth-order valence-corrected chi connectivity index (χ4v) is 2.09. The van der Waals surface area contributed by atoms with Crippen molar-refractivity contribution < 1.29 is 9.18 Å². The van der Waals surface area contributed by atoms with E-state index in [1.165, 1.54) is 18.2 Å². The molecule has 0 bridgehead atoms. The summed E-state index contributed by atoms with van der Waals surface area (Å²) in [4.78, 5) is 11.5. The van der Waals surface area contributed by atoms with E-state index < -0.39 is 5.82 Å². The zero-order chi connectivity index (χ0) is 12.7. The topological polar surface area (TPSA) is 55.1 Å². The largest absolute Gasteiger partial charge is 0.397 e. The lowest BCUT2D eigenvalue weighted by molar-refractivity contribution is -0.115. The van der Waals surface area contributed by atoms with Crippen LogP contribution < -0.4 is 11.1 Å². The second kappa shape index (κ2) is 7.17. The number of nitrogen functional groups attached to an aromatic ring is 1. The highest BCUT2D eigenvalue weighted by Gasteiger charge is 2.05. The third-order valence-electron chi connectivity index (χ3n) is 2.11. The molecule has 3 N–H and O–H groups in total. The highest BCUT2D eigenvalue weighted by atomic mass is 32.2. The maximum atomic E-state index is 12.8. The average Bonchev–Trinajstić information content (AvgIpc) is 2.28. The van der Waals surface area contributed by atoms with Crippen molar-refractivity contribution in [2.24, 2.45) is 0 Å². The molecule has 0 saturated carbocycles. The second-order valence-corrected chi connectivity index (χ2v) is 4.87. The third kappa shape index (κ3) is 5.08. The van der Waals surface area contributed by atoms with E-state index in [-0.39, 0.29) is 11.6 Å². The van der Waals surface area contributed by atoms with E-state index >= 15 is 0 Å². The first-order valence-electron chi connectivity index (χ1n) is 5.56. The Morgan fingerprint density at radius 3 is 2.88 bits per heavy atom. The zero-order valence-electron chi connectivity index (χ0n) is 9.83. The number of carbonyl (C=O) groups is 1. The maximum Gasteiger partial charge on any atom is 0.225 e. The molecule has 1 rings (SSSR count). The van der Waals surface area contributed by atoms with E-state index in [0.29, 0.717) is 12.1 Å². The van der Waals surface area contributed by atoms with Crippen molar-refractivity contribution in [1.29, 1.82) is 0 Å². The van der Waals surface area contributed by atoms with E-state index in [1.54, 1.807) is 11.8 Å². The van der Waals surface area contributed by atoms with Crippen LogP contribution in [0.4, 0.5) is 15.8 Å². The SMILES string of the molecule is CCCSCCC(=O)Nc1ccc(F)cc1N.